The highest BCUT2D eigenvalue weighted by molar-refractivity contribution is 5.80. The first-order valence-corrected chi connectivity index (χ1v) is 25.6. The largest absolute Gasteiger partial charge is 0.394 e. The molecule has 1 amide bonds. The molecule has 0 bridgehead atoms. The topological polar surface area (TPSA) is 110 Å². The normalized spacial score (nSPS) is 14.0. The van der Waals surface area contributed by atoms with Crippen molar-refractivity contribution in [2.75, 3.05) is 6.61 Å². The summed E-state index contributed by atoms with van der Waals surface area (Å²) in [6.45, 7) is 3.88. The molecule has 0 radical (unpaired) electrons. The van der Waals surface area contributed by atoms with E-state index in [9.17, 15) is 25.2 Å². The third-order valence-electron chi connectivity index (χ3n) is 12.2. The Bertz CT molecular complexity index is 821. The van der Waals surface area contributed by atoms with Crippen molar-refractivity contribution in [1.29, 1.82) is 0 Å². The van der Waals surface area contributed by atoms with Gasteiger partial charge in [-0.3, -0.25) is 4.79 Å². The van der Waals surface area contributed by atoms with Crippen LogP contribution >= 0.6 is 0 Å². The van der Waals surface area contributed by atoms with E-state index in [2.05, 4.69) is 31.3 Å². The van der Waals surface area contributed by atoms with Gasteiger partial charge in [-0.25, -0.2) is 0 Å². The Kier molecular flexibility index (Phi) is 45.4. The van der Waals surface area contributed by atoms with E-state index in [0.29, 0.717) is 12.8 Å². The van der Waals surface area contributed by atoms with Gasteiger partial charge in [0.1, 0.15) is 12.2 Å². The van der Waals surface area contributed by atoms with Gasteiger partial charge in [0.2, 0.25) is 5.91 Å². The number of unbranched alkanes of at least 4 members (excludes halogenated alkanes) is 36. The SMILES string of the molecule is CCCCCCCCCCCCCCCCCCCC/C=C\CCCCCCCCCCCCCCCCCCC(O)C(=O)NC(CO)C(O)C(O)CCCCC. The van der Waals surface area contributed by atoms with Gasteiger partial charge < -0.3 is 25.7 Å². The highest BCUT2D eigenvalue weighted by Crippen LogP contribution is 2.17. The second kappa shape index (κ2) is 46.1. The Hall–Kier alpha value is -0.950. The molecule has 6 heteroatoms. The molecule has 0 aromatic rings. The summed E-state index contributed by atoms with van der Waals surface area (Å²) in [5, 5.41) is 42.8. The van der Waals surface area contributed by atoms with Crippen molar-refractivity contribution in [2.45, 2.75) is 301 Å². The molecule has 0 aliphatic heterocycles. The van der Waals surface area contributed by atoms with Crippen LogP contribution in [0.4, 0.5) is 0 Å². The molecule has 0 saturated carbocycles. The maximum Gasteiger partial charge on any atom is 0.249 e. The fourth-order valence-electron chi connectivity index (χ4n) is 8.17. The van der Waals surface area contributed by atoms with Gasteiger partial charge >= 0.3 is 0 Å². The molecule has 0 spiro atoms. The zero-order valence-corrected chi connectivity index (χ0v) is 38.4. The first-order chi connectivity index (χ1) is 28.0. The number of hydrogen-bond donors (Lipinski definition) is 5. The van der Waals surface area contributed by atoms with Crippen molar-refractivity contribution in [3.63, 3.8) is 0 Å². The first-order valence-electron chi connectivity index (χ1n) is 25.6. The minimum Gasteiger partial charge on any atom is -0.394 e. The summed E-state index contributed by atoms with van der Waals surface area (Å²) in [7, 11) is 0. The number of aliphatic hydroxyl groups is 4. The van der Waals surface area contributed by atoms with Crippen molar-refractivity contribution < 1.29 is 25.2 Å². The Morgan fingerprint density at radius 1 is 0.421 bits per heavy atom. The number of hydrogen-bond acceptors (Lipinski definition) is 5. The van der Waals surface area contributed by atoms with Gasteiger partial charge in [-0.2, -0.15) is 0 Å². The maximum atomic E-state index is 12.4. The Labute approximate surface area is 355 Å². The van der Waals surface area contributed by atoms with E-state index < -0.39 is 36.9 Å². The molecule has 0 saturated heterocycles. The second-order valence-corrected chi connectivity index (χ2v) is 17.9. The van der Waals surface area contributed by atoms with Gasteiger partial charge in [0.15, 0.2) is 0 Å². The monoisotopic (exact) mass is 808 g/mol. The summed E-state index contributed by atoms with van der Waals surface area (Å²) in [6.07, 6.45) is 54.0. The number of aliphatic hydroxyl groups excluding tert-OH is 4. The predicted molar refractivity (Wildman–Crippen MR) is 247 cm³/mol. The number of nitrogens with one attached hydrogen (secondary N) is 1. The molecule has 0 aliphatic carbocycles. The number of carbonyl (C=O) groups excluding carboxylic acids is 1. The number of rotatable bonds is 47. The number of allylic oxidation sites excluding steroid dienone is 2. The molecular weight excluding hydrogens is 707 g/mol. The van der Waals surface area contributed by atoms with Crippen molar-refractivity contribution in [2.24, 2.45) is 0 Å². The van der Waals surface area contributed by atoms with Crippen LogP contribution in [-0.2, 0) is 4.79 Å². The molecule has 340 valence electrons. The van der Waals surface area contributed by atoms with Gasteiger partial charge in [-0.05, 0) is 38.5 Å². The molecule has 0 aliphatic rings. The smallest absolute Gasteiger partial charge is 0.249 e. The van der Waals surface area contributed by atoms with Crippen molar-refractivity contribution >= 4 is 5.91 Å². The van der Waals surface area contributed by atoms with Crippen LogP contribution in [0.15, 0.2) is 12.2 Å². The summed E-state index contributed by atoms with van der Waals surface area (Å²) >= 11 is 0. The van der Waals surface area contributed by atoms with E-state index in [1.165, 1.54) is 212 Å². The second-order valence-electron chi connectivity index (χ2n) is 17.9. The zero-order valence-electron chi connectivity index (χ0n) is 38.4. The predicted octanol–water partition coefficient (Wildman–Crippen LogP) is 14.1. The van der Waals surface area contributed by atoms with Crippen molar-refractivity contribution in [3.8, 4) is 0 Å². The van der Waals surface area contributed by atoms with Gasteiger partial charge in [0, 0.05) is 0 Å². The van der Waals surface area contributed by atoms with Crippen molar-refractivity contribution in [3.05, 3.63) is 12.2 Å². The third-order valence-corrected chi connectivity index (χ3v) is 12.2. The van der Waals surface area contributed by atoms with Gasteiger partial charge in [-0.15, -0.1) is 0 Å². The van der Waals surface area contributed by atoms with Crippen LogP contribution in [0.1, 0.15) is 277 Å². The highest BCUT2D eigenvalue weighted by Gasteiger charge is 2.28. The number of carbonyl (C=O) groups is 1. The lowest BCUT2D eigenvalue weighted by Gasteiger charge is -2.27. The average molecular weight is 808 g/mol. The molecule has 57 heavy (non-hydrogen) atoms. The van der Waals surface area contributed by atoms with Crippen LogP contribution < -0.4 is 5.32 Å². The molecule has 0 rings (SSSR count). The lowest BCUT2D eigenvalue weighted by Crippen LogP contribution is -2.53. The van der Waals surface area contributed by atoms with Crippen LogP contribution in [-0.4, -0.2) is 57.3 Å². The van der Waals surface area contributed by atoms with E-state index in [4.69, 9.17) is 0 Å². The summed E-state index contributed by atoms with van der Waals surface area (Å²) in [4.78, 5) is 12.4. The minimum absolute atomic E-state index is 0.371. The lowest BCUT2D eigenvalue weighted by molar-refractivity contribution is -0.132. The van der Waals surface area contributed by atoms with E-state index in [1.807, 2.05) is 0 Å². The standard InChI is InChI=1S/C51H101NO5/c1-3-5-7-8-9-10-11-12-13-14-15-16-17-18-19-20-21-22-23-24-25-26-27-28-29-30-31-32-33-34-35-36-37-38-39-40-41-43-45-49(55)51(57)52-47(46-53)50(56)48(54)44-42-6-4-2/h24-25,47-50,53-56H,3-23,26-46H2,1-2H3,(H,52,57)/b25-24-. The van der Waals surface area contributed by atoms with E-state index in [0.717, 1.165) is 38.5 Å². The van der Waals surface area contributed by atoms with E-state index >= 15 is 0 Å². The number of amides is 1. The molecule has 0 aromatic carbocycles. The minimum atomic E-state index is -1.25. The molecule has 0 heterocycles. The maximum absolute atomic E-state index is 12.4. The summed E-state index contributed by atoms with van der Waals surface area (Å²) in [6, 6.07) is -0.977. The van der Waals surface area contributed by atoms with Crippen LogP contribution in [0.3, 0.4) is 0 Å². The van der Waals surface area contributed by atoms with E-state index in [-0.39, 0.29) is 0 Å². The Balaban J connectivity index is 3.36. The van der Waals surface area contributed by atoms with Crippen LogP contribution in [0.2, 0.25) is 0 Å². The lowest BCUT2D eigenvalue weighted by atomic mass is 10.00. The molecular formula is C51H101NO5. The first kappa shape index (κ1) is 56.0. The average Bonchev–Trinajstić information content (AvgIpc) is 3.21. The fourth-order valence-corrected chi connectivity index (χ4v) is 8.17. The van der Waals surface area contributed by atoms with Crippen LogP contribution in [0, 0.1) is 0 Å². The molecule has 0 aromatic heterocycles. The summed E-state index contributed by atoms with van der Waals surface area (Å²) < 4.78 is 0. The van der Waals surface area contributed by atoms with E-state index in [1.54, 1.807) is 0 Å². The zero-order chi connectivity index (χ0) is 41.7. The van der Waals surface area contributed by atoms with Gasteiger partial charge in [0.05, 0.1) is 18.8 Å². The molecule has 4 unspecified atom stereocenters. The van der Waals surface area contributed by atoms with Gasteiger partial charge in [-0.1, -0.05) is 251 Å². The molecule has 6 nitrogen and oxygen atoms in total. The Morgan fingerprint density at radius 3 is 1.04 bits per heavy atom. The highest BCUT2D eigenvalue weighted by atomic mass is 16.3. The molecule has 5 N–H and O–H groups in total. The molecule has 4 atom stereocenters. The fraction of sp³-hybridized carbons (Fsp3) is 0.941. The van der Waals surface area contributed by atoms with Crippen LogP contribution in [0.25, 0.3) is 0 Å². The summed E-state index contributed by atoms with van der Waals surface area (Å²) in [5.74, 6) is -0.590. The Morgan fingerprint density at radius 2 is 0.702 bits per heavy atom. The van der Waals surface area contributed by atoms with Gasteiger partial charge in [0.25, 0.3) is 0 Å². The van der Waals surface area contributed by atoms with Crippen LogP contribution in [0.5, 0.6) is 0 Å². The van der Waals surface area contributed by atoms with Crippen molar-refractivity contribution in [1.82, 2.24) is 5.32 Å². The third kappa shape index (κ3) is 40.2. The molecule has 0 fully saturated rings. The quantitative estimate of drug-likeness (QED) is 0.0311. The summed E-state index contributed by atoms with van der Waals surface area (Å²) in [5.41, 5.74) is 0.